The van der Waals surface area contributed by atoms with Crippen LogP contribution in [0.1, 0.15) is 57.2 Å². The van der Waals surface area contributed by atoms with Crippen LogP contribution in [0, 0.1) is 29.6 Å². The van der Waals surface area contributed by atoms with Gasteiger partial charge in [-0.1, -0.05) is 6.92 Å². The zero-order valence-corrected chi connectivity index (χ0v) is 14.3. The maximum absolute atomic E-state index is 11.1. The minimum atomic E-state index is -0.344. The van der Waals surface area contributed by atoms with Crippen LogP contribution in [0.15, 0.2) is 10.7 Å². The van der Waals surface area contributed by atoms with Crippen molar-refractivity contribution in [1.29, 1.82) is 0 Å². The Hall–Kier alpha value is -0.350. The highest BCUT2D eigenvalue weighted by atomic mass is 79.9. The van der Waals surface area contributed by atoms with Crippen molar-refractivity contribution in [2.45, 2.75) is 58.1 Å². The van der Waals surface area contributed by atoms with E-state index in [0.29, 0.717) is 5.92 Å². The number of aliphatic hydroxyl groups is 1. The molecule has 1 unspecified atom stereocenters. The van der Waals surface area contributed by atoms with Crippen LogP contribution >= 0.6 is 15.9 Å². The fraction of sp³-hybridized carbons (Fsp3) is 0.824. The van der Waals surface area contributed by atoms with Gasteiger partial charge in [0.2, 0.25) is 0 Å². The van der Waals surface area contributed by atoms with E-state index in [1.807, 2.05) is 10.9 Å². The molecule has 4 aliphatic carbocycles. The van der Waals surface area contributed by atoms with Crippen LogP contribution in [-0.4, -0.2) is 14.9 Å². The molecule has 1 aromatic heterocycles. The minimum Gasteiger partial charge on any atom is -0.386 e. The van der Waals surface area contributed by atoms with Crippen LogP contribution in [-0.2, 0) is 6.54 Å². The SMILES string of the molecule is CCCn1ncc(Br)c1C(O)C1C2CC3CC(C2)CC1C3. The number of halogens is 1. The topological polar surface area (TPSA) is 38.0 Å². The number of rotatable bonds is 4. The van der Waals surface area contributed by atoms with Crippen LogP contribution in [0.2, 0.25) is 0 Å². The Morgan fingerprint density at radius 1 is 1.24 bits per heavy atom. The van der Waals surface area contributed by atoms with Gasteiger partial charge < -0.3 is 5.11 Å². The molecule has 21 heavy (non-hydrogen) atoms. The van der Waals surface area contributed by atoms with Gasteiger partial charge in [0, 0.05) is 6.54 Å². The second-order valence-corrected chi connectivity index (χ2v) is 8.41. The lowest BCUT2D eigenvalue weighted by Crippen LogP contribution is -2.47. The molecule has 0 amide bonds. The van der Waals surface area contributed by atoms with Crippen molar-refractivity contribution in [3.8, 4) is 0 Å². The molecule has 0 aromatic carbocycles. The quantitative estimate of drug-likeness (QED) is 0.883. The molecule has 0 saturated heterocycles. The molecule has 0 radical (unpaired) electrons. The van der Waals surface area contributed by atoms with Gasteiger partial charge in [0.05, 0.1) is 16.4 Å². The van der Waals surface area contributed by atoms with Crippen LogP contribution < -0.4 is 0 Å². The van der Waals surface area contributed by atoms with E-state index in [0.717, 1.165) is 46.8 Å². The standard InChI is InChI=1S/C17H25BrN2O/c1-2-3-20-16(14(18)9-19-20)17(21)15-12-5-10-4-11(7-12)8-13(15)6-10/h9-13,15,17,21H,2-8H2,1H3. The number of aliphatic hydroxyl groups excluding tert-OH is 1. The normalized spacial score (nSPS) is 38.9. The van der Waals surface area contributed by atoms with E-state index in [9.17, 15) is 5.11 Å². The van der Waals surface area contributed by atoms with Gasteiger partial charge in [-0.2, -0.15) is 5.10 Å². The van der Waals surface area contributed by atoms with Crippen molar-refractivity contribution in [2.24, 2.45) is 29.6 Å². The summed E-state index contributed by atoms with van der Waals surface area (Å²) in [5.74, 6) is 3.86. The van der Waals surface area contributed by atoms with Crippen molar-refractivity contribution in [3.63, 3.8) is 0 Å². The Morgan fingerprint density at radius 2 is 1.86 bits per heavy atom. The van der Waals surface area contributed by atoms with Crippen molar-refractivity contribution in [1.82, 2.24) is 9.78 Å². The van der Waals surface area contributed by atoms with E-state index in [4.69, 9.17) is 0 Å². The first kappa shape index (κ1) is 14.3. The molecular weight excluding hydrogens is 328 g/mol. The molecule has 4 fully saturated rings. The summed E-state index contributed by atoms with van der Waals surface area (Å²) in [6.07, 6.45) is 9.45. The van der Waals surface area contributed by atoms with E-state index in [-0.39, 0.29) is 6.10 Å². The lowest BCUT2D eigenvalue weighted by molar-refractivity contribution is -0.0931. The summed E-state index contributed by atoms with van der Waals surface area (Å²) in [6, 6.07) is 0. The third kappa shape index (κ3) is 2.29. The highest BCUT2D eigenvalue weighted by Crippen LogP contribution is 2.59. The number of hydrogen-bond acceptors (Lipinski definition) is 2. The van der Waals surface area contributed by atoms with Crippen LogP contribution in [0.5, 0.6) is 0 Å². The number of hydrogen-bond donors (Lipinski definition) is 1. The largest absolute Gasteiger partial charge is 0.386 e. The smallest absolute Gasteiger partial charge is 0.100 e. The fourth-order valence-electron chi connectivity index (χ4n) is 5.72. The predicted octanol–water partition coefficient (Wildman–Crippen LogP) is 4.16. The highest BCUT2D eigenvalue weighted by Gasteiger charge is 2.51. The predicted molar refractivity (Wildman–Crippen MR) is 85.7 cm³/mol. The van der Waals surface area contributed by atoms with Gasteiger partial charge in [-0.25, -0.2) is 0 Å². The van der Waals surface area contributed by atoms with E-state index in [2.05, 4.69) is 28.0 Å². The Balaban J connectivity index is 1.63. The average Bonchev–Trinajstić information content (AvgIpc) is 2.79. The maximum atomic E-state index is 11.1. The Morgan fingerprint density at radius 3 is 2.43 bits per heavy atom. The summed E-state index contributed by atoms with van der Waals surface area (Å²) in [5, 5.41) is 15.6. The summed E-state index contributed by atoms with van der Waals surface area (Å²) in [7, 11) is 0. The average molecular weight is 353 g/mol. The van der Waals surface area contributed by atoms with Crippen molar-refractivity contribution >= 4 is 15.9 Å². The zero-order valence-electron chi connectivity index (χ0n) is 12.7. The highest BCUT2D eigenvalue weighted by molar-refractivity contribution is 9.10. The summed E-state index contributed by atoms with van der Waals surface area (Å²) in [5.41, 5.74) is 1.02. The molecule has 3 nitrogen and oxygen atoms in total. The lowest BCUT2D eigenvalue weighted by Gasteiger charge is -2.55. The van der Waals surface area contributed by atoms with Crippen molar-refractivity contribution in [2.75, 3.05) is 0 Å². The molecule has 1 N–H and O–H groups in total. The summed E-state index contributed by atoms with van der Waals surface area (Å²) < 4.78 is 3.00. The first-order valence-corrected chi connectivity index (χ1v) is 9.36. The maximum Gasteiger partial charge on any atom is 0.100 e. The van der Waals surface area contributed by atoms with Gasteiger partial charge in [-0.3, -0.25) is 4.68 Å². The fourth-order valence-corrected chi connectivity index (χ4v) is 6.25. The zero-order chi connectivity index (χ0) is 14.6. The summed E-state index contributed by atoms with van der Waals surface area (Å²) in [4.78, 5) is 0. The molecule has 4 bridgehead atoms. The van der Waals surface area contributed by atoms with Crippen molar-refractivity contribution in [3.05, 3.63) is 16.4 Å². The summed E-state index contributed by atoms with van der Waals surface area (Å²) >= 11 is 3.61. The molecule has 4 saturated carbocycles. The molecule has 0 spiro atoms. The third-order valence-corrected chi connectivity index (χ3v) is 6.82. The molecule has 0 aliphatic heterocycles. The first-order valence-electron chi connectivity index (χ1n) is 8.56. The molecule has 116 valence electrons. The van der Waals surface area contributed by atoms with Crippen LogP contribution in [0.25, 0.3) is 0 Å². The van der Waals surface area contributed by atoms with Crippen molar-refractivity contribution < 1.29 is 5.11 Å². The molecule has 5 rings (SSSR count). The monoisotopic (exact) mass is 352 g/mol. The minimum absolute atomic E-state index is 0.344. The first-order chi connectivity index (χ1) is 10.2. The van der Waals surface area contributed by atoms with Gasteiger partial charge in [-0.15, -0.1) is 0 Å². The Labute approximate surface area is 135 Å². The molecule has 1 aromatic rings. The lowest BCUT2D eigenvalue weighted by atomic mass is 9.50. The Kier molecular flexibility index (Phi) is 3.65. The van der Waals surface area contributed by atoms with E-state index in [1.165, 1.54) is 32.1 Å². The van der Waals surface area contributed by atoms with Gasteiger partial charge in [-0.05, 0) is 84.0 Å². The van der Waals surface area contributed by atoms with Crippen LogP contribution in [0.3, 0.4) is 0 Å². The van der Waals surface area contributed by atoms with Gasteiger partial charge in [0.25, 0.3) is 0 Å². The molecule has 1 atom stereocenters. The Bertz CT molecular complexity index is 499. The molecule has 1 heterocycles. The van der Waals surface area contributed by atoms with Gasteiger partial charge in [0.15, 0.2) is 0 Å². The molecule has 4 aliphatic rings. The number of aryl methyl sites for hydroxylation is 1. The molecular formula is C17H25BrN2O. The van der Waals surface area contributed by atoms with Crippen LogP contribution in [0.4, 0.5) is 0 Å². The van der Waals surface area contributed by atoms with E-state index in [1.54, 1.807) is 0 Å². The second kappa shape index (κ2) is 5.38. The second-order valence-electron chi connectivity index (χ2n) is 7.55. The third-order valence-electron chi connectivity index (χ3n) is 6.21. The van der Waals surface area contributed by atoms with Gasteiger partial charge in [0.1, 0.15) is 6.10 Å². The number of aromatic nitrogens is 2. The van der Waals surface area contributed by atoms with Gasteiger partial charge >= 0.3 is 0 Å². The number of nitrogens with zero attached hydrogens (tertiary/aromatic N) is 2. The van der Waals surface area contributed by atoms with E-state index >= 15 is 0 Å². The van der Waals surface area contributed by atoms with E-state index < -0.39 is 0 Å². The molecule has 4 heteroatoms. The summed E-state index contributed by atoms with van der Waals surface area (Å²) in [6.45, 7) is 3.06.